The lowest BCUT2D eigenvalue weighted by Gasteiger charge is -2.11. The van der Waals surface area contributed by atoms with Gasteiger partial charge < -0.3 is 10.5 Å². The van der Waals surface area contributed by atoms with Crippen LogP contribution in [0.15, 0.2) is 60.7 Å². The van der Waals surface area contributed by atoms with Crippen LogP contribution in [0.2, 0.25) is 5.02 Å². The Morgan fingerprint density at radius 1 is 0.905 bits per heavy atom. The number of hydrogen-bond donors (Lipinski definition) is 1. The lowest BCUT2D eigenvalue weighted by Crippen LogP contribution is -2.09. The van der Waals surface area contributed by atoms with Crippen molar-refractivity contribution in [2.45, 2.75) is 0 Å². The minimum absolute atomic E-state index is 0.379. The van der Waals surface area contributed by atoms with Crippen LogP contribution in [0.25, 0.3) is 10.8 Å². The van der Waals surface area contributed by atoms with Gasteiger partial charge in [0.05, 0.1) is 0 Å². The van der Waals surface area contributed by atoms with Crippen LogP contribution < -0.4 is 10.5 Å². The van der Waals surface area contributed by atoms with E-state index in [1.54, 1.807) is 12.1 Å². The van der Waals surface area contributed by atoms with Crippen LogP contribution in [0.3, 0.4) is 0 Å². The first-order chi connectivity index (χ1) is 10.1. The van der Waals surface area contributed by atoms with Crippen molar-refractivity contribution in [2.75, 3.05) is 0 Å². The molecule has 0 spiro atoms. The van der Waals surface area contributed by atoms with Crippen LogP contribution in [0.5, 0.6) is 11.5 Å². The number of halogens is 1. The van der Waals surface area contributed by atoms with Crippen LogP contribution in [0.4, 0.5) is 0 Å². The molecular formula is C17H12ClNOS. The molecule has 0 radical (unpaired) electrons. The maximum Gasteiger partial charge on any atom is 0.135 e. The fourth-order valence-electron chi connectivity index (χ4n) is 2.20. The van der Waals surface area contributed by atoms with Crippen molar-refractivity contribution in [3.63, 3.8) is 0 Å². The molecule has 0 bridgehead atoms. The Hall–Kier alpha value is -2.10. The number of thiocarbonyl (C=S) groups is 1. The zero-order valence-corrected chi connectivity index (χ0v) is 12.6. The second-order valence-corrected chi connectivity index (χ2v) is 5.45. The van der Waals surface area contributed by atoms with E-state index in [4.69, 9.17) is 34.3 Å². The molecule has 2 N–H and O–H groups in total. The van der Waals surface area contributed by atoms with Crippen molar-refractivity contribution in [3.8, 4) is 11.5 Å². The zero-order chi connectivity index (χ0) is 14.8. The van der Waals surface area contributed by atoms with Gasteiger partial charge in [0.1, 0.15) is 16.5 Å². The molecule has 3 aromatic carbocycles. The summed E-state index contributed by atoms with van der Waals surface area (Å²) in [6, 6.07) is 18.9. The Kier molecular flexibility index (Phi) is 3.78. The van der Waals surface area contributed by atoms with Gasteiger partial charge in [0.15, 0.2) is 0 Å². The fourth-order valence-corrected chi connectivity index (χ4v) is 2.51. The maximum atomic E-state index is 5.94. The lowest BCUT2D eigenvalue weighted by molar-refractivity contribution is 0.488. The number of benzene rings is 3. The molecule has 4 heteroatoms. The number of rotatable bonds is 3. The van der Waals surface area contributed by atoms with Crippen molar-refractivity contribution < 1.29 is 4.74 Å². The smallest absolute Gasteiger partial charge is 0.135 e. The van der Waals surface area contributed by atoms with E-state index in [0.717, 1.165) is 27.8 Å². The molecule has 0 aliphatic rings. The molecule has 2 nitrogen and oxygen atoms in total. The van der Waals surface area contributed by atoms with E-state index in [9.17, 15) is 0 Å². The average molecular weight is 314 g/mol. The molecule has 3 rings (SSSR count). The van der Waals surface area contributed by atoms with Gasteiger partial charge in [-0.15, -0.1) is 0 Å². The van der Waals surface area contributed by atoms with E-state index in [-0.39, 0.29) is 0 Å². The lowest BCUT2D eigenvalue weighted by atomic mass is 10.0. The highest BCUT2D eigenvalue weighted by Crippen LogP contribution is 2.32. The molecule has 0 atom stereocenters. The number of fused-ring (bicyclic) bond motifs is 1. The van der Waals surface area contributed by atoms with Gasteiger partial charge in [0.25, 0.3) is 0 Å². The Morgan fingerprint density at radius 3 is 2.24 bits per heavy atom. The van der Waals surface area contributed by atoms with Crippen LogP contribution in [0.1, 0.15) is 5.56 Å². The van der Waals surface area contributed by atoms with Crippen molar-refractivity contribution in [1.29, 1.82) is 0 Å². The minimum atomic E-state index is 0.379. The van der Waals surface area contributed by atoms with Gasteiger partial charge in [0.2, 0.25) is 0 Å². The van der Waals surface area contributed by atoms with Crippen LogP contribution in [-0.4, -0.2) is 4.99 Å². The Bertz CT molecular complexity index is 815. The number of hydrogen-bond acceptors (Lipinski definition) is 2. The largest absolute Gasteiger partial charge is 0.457 e. The predicted octanol–water partition coefficient (Wildman–Crippen LogP) is 4.92. The van der Waals surface area contributed by atoms with E-state index in [1.165, 1.54) is 0 Å². The molecule has 0 aromatic heterocycles. The quantitative estimate of drug-likeness (QED) is 0.697. The molecule has 104 valence electrons. The highest BCUT2D eigenvalue weighted by molar-refractivity contribution is 7.80. The van der Waals surface area contributed by atoms with Crippen LogP contribution >= 0.6 is 23.8 Å². The molecule has 0 heterocycles. The third kappa shape index (κ3) is 2.84. The van der Waals surface area contributed by atoms with E-state index in [1.807, 2.05) is 48.5 Å². The average Bonchev–Trinajstić information content (AvgIpc) is 2.49. The molecular weight excluding hydrogens is 302 g/mol. The van der Waals surface area contributed by atoms with Gasteiger partial charge in [-0.1, -0.05) is 48.1 Å². The van der Waals surface area contributed by atoms with Gasteiger partial charge in [-0.2, -0.15) is 0 Å². The summed E-state index contributed by atoms with van der Waals surface area (Å²) in [5, 5.41) is 2.63. The van der Waals surface area contributed by atoms with Crippen molar-refractivity contribution in [1.82, 2.24) is 0 Å². The number of ether oxygens (including phenoxy) is 1. The van der Waals surface area contributed by atoms with Gasteiger partial charge in [-0.25, -0.2) is 0 Å². The summed E-state index contributed by atoms with van der Waals surface area (Å²) in [7, 11) is 0. The van der Waals surface area contributed by atoms with Crippen molar-refractivity contribution in [3.05, 3.63) is 71.2 Å². The molecule has 0 saturated carbocycles. The molecule has 0 fully saturated rings. The molecule has 3 aromatic rings. The van der Waals surface area contributed by atoms with Gasteiger partial charge >= 0.3 is 0 Å². The monoisotopic (exact) mass is 313 g/mol. The first-order valence-corrected chi connectivity index (χ1v) is 7.19. The molecule has 0 aliphatic carbocycles. The Morgan fingerprint density at radius 2 is 1.57 bits per heavy atom. The van der Waals surface area contributed by atoms with Crippen molar-refractivity contribution in [2.24, 2.45) is 5.73 Å². The standard InChI is InChI=1S/C17H12ClNOS/c18-11-5-7-12(8-6-11)20-16-10-9-15(17(19)21)13-3-1-2-4-14(13)16/h1-10H,(H2,19,21). The van der Waals surface area contributed by atoms with E-state index in [2.05, 4.69) is 0 Å². The molecule has 21 heavy (non-hydrogen) atoms. The first kappa shape index (κ1) is 13.9. The second-order valence-electron chi connectivity index (χ2n) is 4.58. The summed E-state index contributed by atoms with van der Waals surface area (Å²) in [6.45, 7) is 0. The third-order valence-corrected chi connectivity index (χ3v) is 3.66. The highest BCUT2D eigenvalue weighted by atomic mass is 35.5. The Balaban J connectivity index is 2.09. The number of nitrogens with two attached hydrogens (primary N) is 1. The Labute approximate surface area is 133 Å². The minimum Gasteiger partial charge on any atom is -0.457 e. The third-order valence-electron chi connectivity index (χ3n) is 3.19. The van der Waals surface area contributed by atoms with E-state index < -0.39 is 0 Å². The second kappa shape index (κ2) is 5.72. The van der Waals surface area contributed by atoms with E-state index in [0.29, 0.717) is 10.0 Å². The summed E-state index contributed by atoms with van der Waals surface area (Å²) in [5.74, 6) is 1.49. The topological polar surface area (TPSA) is 35.2 Å². The first-order valence-electron chi connectivity index (χ1n) is 6.40. The summed E-state index contributed by atoms with van der Waals surface area (Å²) >= 11 is 11.0. The van der Waals surface area contributed by atoms with Gasteiger partial charge in [-0.3, -0.25) is 0 Å². The SMILES string of the molecule is NC(=S)c1ccc(Oc2ccc(Cl)cc2)c2ccccc12. The maximum absolute atomic E-state index is 5.94. The molecule has 0 amide bonds. The molecule has 0 aliphatic heterocycles. The highest BCUT2D eigenvalue weighted by Gasteiger charge is 2.09. The summed E-state index contributed by atoms with van der Waals surface area (Å²) in [6.07, 6.45) is 0. The normalized spacial score (nSPS) is 10.5. The summed E-state index contributed by atoms with van der Waals surface area (Å²) in [4.78, 5) is 0.379. The molecule has 0 saturated heterocycles. The summed E-state index contributed by atoms with van der Waals surface area (Å²) < 4.78 is 5.94. The predicted molar refractivity (Wildman–Crippen MR) is 91.4 cm³/mol. The van der Waals surface area contributed by atoms with Gasteiger partial charge in [-0.05, 0) is 41.8 Å². The fraction of sp³-hybridized carbons (Fsp3) is 0. The molecule has 0 unspecified atom stereocenters. The van der Waals surface area contributed by atoms with E-state index >= 15 is 0 Å². The van der Waals surface area contributed by atoms with Crippen LogP contribution in [-0.2, 0) is 0 Å². The van der Waals surface area contributed by atoms with Gasteiger partial charge in [0, 0.05) is 16.0 Å². The zero-order valence-electron chi connectivity index (χ0n) is 11.0. The summed E-state index contributed by atoms with van der Waals surface area (Å²) in [5.41, 5.74) is 6.63. The van der Waals surface area contributed by atoms with Crippen LogP contribution in [0, 0.1) is 0 Å². The van der Waals surface area contributed by atoms with Crippen molar-refractivity contribution >= 4 is 39.6 Å².